The number of para-hydroxylation sites is 1. The molecular weight excluding hydrogens is 204 g/mol. The van der Waals surface area contributed by atoms with Gasteiger partial charge >= 0.3 is 0 Å². The Kier molecular flexibility index (Phi) is 1.93. The highest BCUT2D eigenvalue weighted by atomic mass is 16.5. The van der Waals surface area contributed by atoms with Gasteiger partial charge in [0.25, 0.3) is 0 Å². The van der Waals surface area contributed by atoms with Gasteiger partial charge in [0.15, 0.2) is 5.78 Å². The molecule has 0 saturated heterocycles. The third-order valence-electron chi connectivity index (χ3n) is 3.13. The molecule has 0 fully saturated rings. The zero-order valence-corrected chi connectivity index (χ0v) is 8.60. The zero-order chi connectivity index (χ0) is 11.1. The summed E-state index contributed by atoms with van der Waals surface area (Å²) < 4.78 is 5.72. The molecule has 0 amide bonds. The number of carbonyl (C=O) groups excluding carboxylic acids is 2. The summed E-state index contributed by atoms with van der Waals surface area (Å²) >= 11 is 0. The first-order chi connectivity index (χ1) is 7.81. The van der Waals surface area contributed by atoms with Gasteiger partial charge < -0.3 is 4.74 Å². The summed E-state index contributed by atoms with van der Waals surface area (Å²) in [5.74, 6) is 0.583. The molecule has 1 unspecified atom stereocenters. The standard InChI is InChI=1S/C13H10O3/c14-7-8-5-6-11-12(8)13(15)9-3-1-2-4-10(9)16-11/h1-4,7,11H,5-6H2. The Hall–Kier alpha value is -1.90. The Labute approximate surface area is 92.7 Å². The van der Waals surface area contributed by atoms with Gasteiger partial charge in [-0.3, -0.25) is 9.59 Å². The molecule has 1 heterocycles. The molecule has 0 spiro atoms. The summed E-state index contributed by atoms with van der Waals surface area (Å²) in [6, 6.07) is 7.18. The van der Waals surface area contributed by atoms with Crippen molar-refractivity contribution in [1.82, 2.24) is 0 Å². The van der Waals surface area contributed by atoms with Crippen LogP contribution < -0.4 is 4.74 Å². The van der Waals surface area contributed by atoms with Crippen LogP contribution in [-0.2, 0) is 4.79 Å². The number of Topliss-reactive ketones (excluding diaryl/α,β-unsaturated/α-hetero) is 1. The second-order valence-corrected chi connectivity index (χ2v) is 4.03. The van der Waals surface area contributed by atoms with Crippen molar-refractivity contribution < 1.29 is 14.3 Å². The van der Waals surface area contributed by atoms with Gasteiger partial charge in [0, 0.05) is 11.1 Å². The van der Waals surface area contributed by atoms with Crippen molar-refractivity contribution in [3.8, 4) is 5.75 Å². The molecule has 3 heteroatoms. The minimum atomic E-state index is -0.220. The summed E-state index contributed by atoms with van der Waals surface area (Å²) in [7, 11) is 0. The fourth-order valence-electron chi connectivity index (χ4n) is 2.36. The van der Waals surface area contributed by atoms with E-state index in [1.54, 1.807) is 18.2 Å². The van der Waals surface area contributed by atoms with Gasteiger partial charge in [-0.05, 0) is 25.0 Å². The van der Waals surface area contributed by atoms with Crippen molar-refractivity contribution in [3.63, 3.8) is 0 Å². The van der Waals surface area contributed by atoms with Crippen LogP contribution in [0.2, 0.25) is 0 Å². The number of fused-ring (bicyclic) bond motifs is 2. The number of ketones is 1. The smallest absolute Gasteiger partial charge is 0.196 e. The molecule has 1 atom stereocenters. The SMILES string of the molecule is O=CC1=C2C(=O)c3ccccc3OC2CC1. The van der Waals surface area contributed by atoms with Crippen molar-refractivity contribution in [2.75, 3.05) is 0 Å². The van der Waals surface area contributed by atoms with E-state index in [2.05, 4.69) is 0 Å². The minimum Gasteiger partial charge on any atom is -0.485 e. The molecule has 3 nitrogen and oxygen atoms in total. The van der Waals surface area contributed by atoms with Crippen LogP contribution in [0.15, 0.2) is 35.4 Å². The van der Waals surface area contributed by atoms with E-state index < -0.39 is 0 Å². The predicted octanol–water partition coefficient (Wildman–Crippen LogP) is 1.92. The highest BCUT2D eigenvalue weighted by molar-refractivity contribution is 6.15. The van der Waals surface area contributed by atoms with Gasteiger partial charge in [-0.2, -0.15) is 0 Å². The van der Waals surface area contributed by atoms with Crippen LogP contribution in [-0.4, -0.2) is 18.2 Å². The molecule has 2 aliphatic rings. The van der Waals surface area contributed by atoms with Gasteiger partial charge in [0.2, 0.25) is 0 Å². The molecule has 1 aromatic carbocycles. The molecule has 16 heavy (non-hydrogen) atoms. The van der Waals surface area contributed by atoms with E-state index in [1.165, 1.54) is 0 Å². The molecule has 0 radical (unpaired) electrons. The first kappa shape index (κ1) is 9.33. The number of hydrogen-bond acceptors (Lipinski definition) is 3. The van der Waals surface area contributed by atoms with Gasteiger partial charge in [-0.25, -0.2) is 0 Å². The highest BCUT2D eigenvalue weighted by Gasteiger charge is 2.37. The van der Waals surface area contributed by atoms with Crippen molar-refractivity contribution >= 4 is 12.1 Å². The lowest BCUT2D eigenvalue weighted by atomic mass is 9.95. The number of hydrogen-bond donors (Lipinski definition) is 0. The fourth-order valence-corrected chi connectivity index (χ4v) is 2.36. The monoisotopic (exact) mass is 214 g/mol. The third kappa shape index (κ3) is 1.14. The molecule has 1 aromatic rings. The van der Waals surface area contributed by atoms with Crippen molar-refractivity contribution in [1.29, 1.82) is 0 Å². The van der Waals surface area contributed by atoms with Gasteiger partial charge in [-0.15, -0.1) is 0 Å². The average Bonchev–Trinajstić information content (AvgIpc) is 2.72. The van der Waals surface area contributed by atoms with E-state index in [0.717, 1.165) is 12.7 Å². The maximum absolute atomic E-state index is 12.2. The molecule has 80 valence electrons. The second-order valence-electron chi connectivity index (χ2n) is 4.03. The van der Waals surface area contributed by atoms with Crippen LogP contribution in [0.1, 0.15) is 23.2 Å². The summed E-state index contributed by atoms with van der Waals surface area (Å²) in [5.41, 5.74) is 1.73. The summed E-state index contributed by atoms with van der Waals surface area (Å²) in [6.45, 7) is 0. The van der Waals surface area contributed by atoms with Crippen LogP contribution in [0.5, 0.6) is 5.75 Å². The van der Waals surface area contributed by atoms with E-state index in [0.29, 0.717) is 28.9 Å². The van der Waals surface area contributed by atoms with Crippen molar-refractivity contribution in [3.05, 3.63) is 41.0 Å². The number of ether oxygens (including phenoxy) is 1. The fraction of sp³-hybridized carbons (Fsp3) is 0.231. The first-order valence-corrected chi connectivity index (χ1v) is 5.30. The molecular formula is C13H10O3. The van der Waals surface area contributed by atoms with Crippen LogP contribution in [0, 0.1) is 0 Å². The highest BCUT2D eigenvalue weighted by Crippen LogP contribution is 2.38. The van der Waals surface area contributed by atoms with Gasteiger partial charge in [0.1, 0.15) is 18.1 Å². The number of carbonyl (C=O) groups is 2. The molecule has 3 rings (SSSR count). The Morgan fingerprint density at radius 2 is 2.12 bits per heavy atom. The quantitative estimate of drug-likeness (QED) is 0.671. The van der Waals surface area contributed by atoms with E-state index in [9.17, 15) is 9.59 Å². The number of rotatable bonds is 1. The summed E-state index contributed by atoms with van der Waals surface area (Å²) in [4.78, 5) is 23.0. The molecule has 1 aliphatic carbocycles. The third-order valence-corrected chi connectivity index (χ3v) is 3.13. The molecule has 0 N–H and O–H groups in total. The first-order valence-electron chi connectivity index (χ1n) is 5.30. The molecule has 1 aliphatic heterocycles. The maximum Gasteiger partial charge on any atom is 0.196 e. The largest absolute Gasteiger partial charge is 0.485 e. The average molecular weight is 214 g/mol. The molecule has 0 bridgehead atoms. The van der Waals surface area contributed by atoms with Crippen LogP contribution >= 0.6 is 0 Å². The van der Waals surface area contributed by atoms with Crippen LogP contribution in [0.25, 0.3) is 0 Å². The number of benzene rings is 1. The van der Waals surface area contributed by atoms with E-state index >= 15 is 0 Å². The minimum absolute atomic E-state index is 0.0496. The lowest BCUT2D eigenvalue weighted by Crippen LogP contribution is -2.27. The number of aldehydes is 1. The van der Waals surface area contributed by atoms with Gasteiger partial charge in [-0.1, -0.05) is 12.1 Å². The van der Waals surface area contributed by atoms with Crippen LogP contribution in [0.3, 0.4) is 0 Å². The van der Waals surface area contributed by atoms with E-state index in [1.807, 2.05) is 6.07 Å². The Morgan fingerprint density at radius 3 is 2.94 bits per heavy atom. The Morgan fingerprint density at radius 1 is 1.31 bits per heavy atom. The van der Waals surface area contributed by atoms with Crippen molar-refractivity contribution in [2.45, 2.75) is 18.9 Å². The zero-order valence-electron chi connectivity index (χ0n) is 8.60. The van der Waals surface area contributed by atoms with Crippen LogP contribution in [0.4, 0.5) is 0 Å². The maximum atomic E-state index is 12.2. The summed E-state index contributed by atoms with van der Waals surface area (Å²) in [5, 5.41) is 0. The van der Waals surface area contributed by atoms with E-state index in [-0.39, 0.29) is 11.9 Å². The predicted molar refractivity (Wildman–Crippen MR) is 57.5 cm³/mol. The topological polar surface area (TPSA) is 43.4 Å². The lowest BCUT2D eigenvalue weighted by Gasteiger charge is -2.24. The Bertz CT molecular complexity index is 514. The van der Waals surface area contributed by atoms with Gasteiger partial charge in [0.05, 0.1) is 5.56 Å². The second kappa shape index (κ2) is 3.30. The molecule has 0 aromatic heterocycles. The lowest BCUT2D eigenvalue weighted by molar-refractivity contribution is -0.105. The molecule has 0 saturated carbocycles. The number of allylic oxidation sites excluding steroid dienone is 1. The Balaban J connectivity index is 2.17. The van der Waals surface area contributed by atoms with Crippen molar-refractivity contribution in [2.24, 2.45) is 0 Å². The summed E-state index contributed by atoms with van der Waals surface area (Å²) in [6.07, 6.45) is 1.93. The van der Waals surface area contributed by atoms with E-state index in [4.69, 9.17) is 4.74 Å². The normalized spacial score (nSPS) is 22.5.